The second kappa shape index (κ2) is 8.05. The molecular formula is C17H18N4O4S. The topological polar surface area (TPSA) is 102 Å². The van der Waals surface area contributed by atoms with Gasteiger partial charge in [0.25, 0.3) is 5.91 Å². The Morgan fingerprint density at radius 2 is 1.85 bits per heavy atom. The lowest BCUT2D eigenvalue weighted by Crippen LogP contribution is -2.51. The number of amides is 2. The van der Waals surface area contributed by atoms with Crippen molar-refractivity contribution in [2.45, 2.75) is 25.1 Å². The molecule has 2 aromatic rings. The highest BCUT2D eigenvalue weighted by molar-refractivity contribution is 7.99. The van der Waals surface area contributed by atoms with Gasteiger partial charge in [0, 0.05) is 11.4 Å². The Bertz CT molecular complexity index is 810. The molecule has 1 atom stereocenters. The van der Waals surface area contributed by atoms with Gasteiger partial charge in [-0.3, -0.25) is 20.4 Å². The number of hydrogen-bond acceptors (Lipinski definition) is 7. The number of carbonyl (C=O) groups is 2. The fraction of sp³-hybridized carbons (Fsp3) is 0.294. The van der Waals surface area contributed by atoms with Crippen LogP contribution in [0, 0.1) is 13.8 Å². The van der Waals surface area contributed by atoms with E-state index in [-0.39, 0.29) is 18.3 Å². The van der Waals surface area contributed by atoms with Crippen LogP contribution in [0.3, 0.4) is 0 Å². The van der Waals surface area contributed by atoms with E-state index in [0.29, 0.717) is 16.7 Å². The number of ether oxygens (including phenoxy) is 2. The second-order valence-electron chi connectivity index (χ2n) is 5.62. The molecule has 0 bridgehead atoms. The van der Waals surface area contributed by atoms with Crippen LogP contribution in [0.15, 0.2) is 35.5 Å². The summed E-state index contributed by atoms with van der Waals surface area (Å²) >= 11 is 1.19. The first-order valence-electron chi connectivity index (χ1n) is 7.93. The molecule has 0 spiro atoms. The number of hydrogen-bond donors (Lipinski definition) is 2. The number of rotatable bonds is 4. The van der Waals surface area contributed by atoms with Gasteiger partial charge in [-0.05, 0) is 32.0 Å². The first-order chi connectivity index (χ1) is 12.5. The summed E-state index contributed by atoms with van der Waals surface area (Å²) in [5.41, 5.74) is 6.37. The Labute approximate surface area is 154 Å². The molecule has 0 saturated heterocycles. The number of nitrogens with zero attached hydrogens (tertiary/aromatic N) is 2. The fourth-order valence-corrected chi connectivity index (χ4v) is 3.03. The predicted molar refractivity (Wildman–Crippen MR) is 94.9 cm³/mol. The smallest absolute Gasteiger partial charge is 0.283 e. The van der Waals surface area contributed by atoms with E-state index in [1.165, 1.54) is 11.8 Å². The summed E-state index contributed by atoms with van der Waals surface area (Å²) in [7, 11) is 0. The molecule has 1 aliphatic heterocycles. The molecule has 1 aromatic carbocycles. The molecule has 0 radical (unpaired) electrons. The molecular weight excluding hydrogens is 356 g/mol. The Hall–Kier alpha value is -2.81. The number of hydrazine groups is 1. The van der Waals surface area contributed by atoms with Crippen molar-refractivity contribution in [3.63, 3.8) is 0 Å². The average molecular weight is 374 g/mol. The van der Waals surface area contributed by atoms with Crippen LogP contribution in [-0.4, -0.2) is 40.2 Å². The third-order valence-electron chi connectivity index (χ3n) is 3.42. The first kappa shape index (κ1) is 18.0. The maximum absolute atomic E-state index is 12.1. The molecule has 0 aliphatic carbocycles. The van der Waals surface area contributed by atoms with E-state index in [4.69, 9.17) is 9.47 Å². The third kappa shape index (κ3) is 4.63. The van der Waals surface area contributed by atoms with Gasteiger partial charge in [-0.1, -0.05) is 23.9 Å². The molecule has 0 fully saturated rings. The van der Waals surface area contributed by atoms with Crippen LogP contribution in [0.1, 0.15) is 11.4 Å². The minimum atomic E-state index is -0.833. The number of fused-ring (bicyclic) bond motifs is 1. The summed E-state index contributed by atoms with van der Waals surface area (Å²) in [4.78, 5) is 32.5. The Kier molecular flexibility index (Phi) is 5.57. The van der Waals surface area contributed by atoms with Crippen molar-refractivity contribution in [3.8, 4) is 11.5 Å². The van der Waals surface area contributed by atoms with Gasteiger partial charge in [0.15, 0.2) is 16.7 Å². The third-order valence-corrected chi connectivity index (χ3v) is 4.27. The number of aryl methyl sites for hydroxylation is 2. The molecule has 8 nitrogen and oxygen atoms in total. The van der Waals surface area contributed by atoms with Crippen molar-refractivity contribution < 1.29 is 19.1 Å². The van der Waals surface area contributed by atoms with E-state index in [1.54, 1.807) is 18.2 Å². The van der Waals surface area contributed by atoms with Crippen molar-refractivity contribution in [2.75, 3.05) is 12.4 Å². The normalized spacial score (nSPS) is 15.2. The zero-order chi connectivity index (χ0) is 18.5. The lowest BCUT2D eigenvalue weighted by atomic mass is 10.2. The molecule has 9 heteroatoms. The zero-order valence-electron chi connectivity index (χ0n) is 14.3. The zero-order valence-corrected chi connectivity index (χ0v) is 15.1. The lowest BCUT2D eigenvalue weighted by molar-refractivity contribution is -0.134. The van der Waals surface area contributed by atoms with Crippen LogP contribution in [0.5, 0.6) is 11.5 Å². The fourth-order valence-electron chi connectivity index (χ4n) is 2.28. The van der Waals surface area contributed by atoms with E-state index in [0.717, 1.165) is 11.4 Å². The van der Waals surface area contributed by atoms with Gasteiger partial charge in [-0.25, -0.2) is 9.97 Å². The summed E-state index contributed by atoms with van der Waals surface area (Å²) in [6.45, 7) is 3.80. The van der Waals surface area contributed by atoms with Gasteiger partial charge >= 0.3 is 0 Å². The van der Waals surface area contributed by atoms with Crippen molar-refractivity contribution in [2.24, 2.45) is 0 Å². The van der Waals surface area contributed by atoms with Crippen LogP contribution in [0.25, 0.3) is 0 Å². The van der Waals surface area contributed by atoms with E-state index in [9.17, 15) is 9.59 Å². The standard InChI is InChI=1S/C17H18N4O4S/c1-10-7-11(2)19-17(18-10)26-9-15(22)20-21-16(23)14-8-24-12-5-3-4-6-13(12)25-14/h3-7,14H,8-9H2,1-2H3,(H,20,22)(H,21,23)/t14-/m0/s1. The van der Waals surface area contributed by atoms with Crippen LogP contribution in [0.2, 0.25) is 0 Å². The highest BCUT2D eigenvalue weighted by Crippen LogP contribution is 2.30. The summed E-state index contributed by atoms with van der Waals surface area (Å²) < 4.78 is 11.0. The number of para-hydroxylation sites is 2. The SMILES string of the molecule is Cc1cc(C)nc(SCC(=O)NNC(=O)[C@@H]2COc3ccccc3O2)n1. The monoisotopic (exact) mass is 374 g/mol. The van der Waals surface area contributed by atoms with Gasteiger partial charge in [0.05, 0.1) is 5.75 Å². The number of benzene rings is 1. The highest BCUT2D eigenvalue weighted by Gasteiger charge is 2.27. The Balaban J connectivity index is 1.45. The van der Waals surface area contributed by atoms with Gasteiger partial charge in [-0.15, -0.1) is 0 Å². The van der Waals surface area contributed by atoms with Crippen molar-refractivity contribution >= 4 is 23.6 Å². The van der Waals surface area contributed by atoms with Crippen LogP contribution >= 0.6 is 11.8 Å². The Morgan fingerprint density at radius 3 is 2.58 bits per heavy atom. The maximum atomic E-state index is 12.1. The van der Waals surface area contributed by atoms with E-state index in [1.807, 2.05) is 26.0 Å². The minimum Gasteiger partial charge on any atom is -0.485 e. The summed E-state index contributed by atoms with van der Waals surface area (Å²) in [6.07, 6.45) is -0.833. The Morgan fingerprint density at radius 1 is 1.15 bits per heavy atom. The van der Waals surface area contributed by atoms with Gasteiger partial charge in [0.2, 0.25) is 12.0 Å². The molecule has 1 aromatic heterocycles. The van der Waals surface area contributed by atoms with Crippen molar-refractivity contribution in [1.82, 2.24) is 20.8 Å². The quantitative estimate of drug-likeness (QED) is 0.470. The highest BCUT2D eigenvalue weighted by atomic mass is 32.2. The molecule has 26 heavy (non-hydrogen) atoms. The maximum Gasteiger partial charge on any atom is 0.283 e. The summed E-state index contributed by atoms with van der Waals surface area (Å²) in [6, 6.07) is 8.94. The van der Waals surface area contributed by atoms with Gasteiger partial charge in [-0.2, -0.15) is 0 Å². The van der Waals surface area contributed by atoms with Crippen LogP contribution < -0.4 is 20.3 Å². The molecule has 136 valence electrons. The van der Waals surface area contributed by atoms with Crippen LogP contribution in [0.4, 0.5) is 0 Å². The van der Waals surface area contributed by atoms with Crippen LogP contribution in [-0.2, 0) is 9.59 Å². The molecule has 0 saturated carbocycles. The first-order valence-corrected chi connectivity index (χ1v) is 8.92. The lowest BCUT2D eigenvalue weighted by Gasteiger charge is -2.25. The van der Waals surface area contributed by atoms with Crippen molar-refractivity contribution in [3.05, 3.63) is 41.7 Å². The second-order valence-corrected chi connectivity index (χ2v) is 6.57. The van der Waals surface area contributed by atoms with E-state index < -0.39 is 12.0 Å². The molecule has 2 N–H and O–H groups in total. The minimum absolute atomic E-state index is 0.0733. The largest absolute Gasteiger partial charge is 0.485 e. The average Bonchev–Trinajstić information content (AvgIpc) is 2.63. The summed E-state index contributed by atoms with van der Waals surface area (Å²) in [5.74, 6) is 0.301. The van der Waals surface area contributed by atoms with E-state index in [2.05, 4.69) is 20.8 Å². The number of nitrogens with one attached hydrogen (secondary N) is 2. The molecule has 0 unspecified atom stereocenters. The summed E-state index contributed by atoms with van der Waals surface area (Å²) in [5, 5.41) is 0.518. The van der Waals surface area contributed by atoms with Gasteiger partial charge in [0.1, 0.15) is 6.61 Å². The number of aromatic nitrogens is 2. The molecule has 1 aliphatic rings. The molecule has 3 rings (SSSR count). The predicted octanol–water partition coefficient (Wildman–Crippen LogP) is 1.17. The van der Waals surface area contributed by atoms with Crippen molar-refractivity contribution in [1.29, 1.82) is 0 Å². The molecule has 2 amide bonds. The molecule has 2 heterocycles. The number of thioether (sulfide) groups is 1. The van der Waals surface area contributed by atoms with E-state index >= 15 is 0 Å². The number of carbonyl (C=O) groups excluding carboxylic acids is 2. The van der Waals surface area contributed by atoms with Gasteiger partial charge < -0.3 is 9.47 Å².